The fraction of sp³-hybridized carbons (Fsp3) is 0.455. The molecule has 1 aromatic heterocycles. The molecular formula is C11H16O8. The van der Waals surface area contributed by atoms with Crippen molar-refractivity contribution in [1.29, 1.82) is 0 Å². The van der Waals surface area contributed by atoms with Gasteiger partial charge in [0.05, 0.1) is 12.9 Å². The molecule has 0 saturated carbocycles. The average molecular weight is 276 g/mol. The number of aliphatic hydroxyl groups is 5. The van der Waals surface area contributed by atoms with Crippen LogP contribution in [0.25, 0.3) is 0 Å². The van der Waals surface area contributed by atoms with E-state index >= 15 is 0 Å². The van der Waals surface area contributed by atoms with Crippen LogP contribution >= 0.6 is 0 Å². The lowest BCUT2D eigenvalue weighted by atomic mass is 10.0. The zero-order valence-electron chi connectivity index (χ0n) is 9.86. The lowest BCUT2D eigenvalue weighted by molar-refractivity contribution is -0.136. The molecule has 1 rings (SSSR count). The summed E-state index contributed by atoms with van der Waals surface area (Å²) in [5.74, 6) is 0. The topological polar surface area (TPSA) is 148 Å². The molecule has 0 saturated heterocycles. The van der Waals surface area contributed by atoms with E-state index in [1.807, 2.05) is 0 Å². The van der Waals surface area contributed by atoms with Crippen LogP contribution in [-0.4, -0.2) is 62.8 Å². The van der Waals surface area contributed by atoms with Crippen LogP contribution in [0.15, 0.2) is 33.7 Å². The third-order valence-electron chi connectivity index (χ3n) is 2.03. The Bertz CT molecular complexity index is 386. The van der Waals surface area contributed by atoms with Crippen LogP contribution in [0.5, 0.6) is 0 Å². The number of aliphatic hydroxyl groups excluding tert-OH is 5. The molecule has 19 heavy (non-hydrogen) atoms. The number of hydrogen-bond donors (Lipinski definition) is 5. The molecule has 108 valence electrons. The van der Waals surface area contributed by atoms with Crippen LogP contribution in [0.3, 0.4) is 0 Å². The van der Waals surface area contributed by atoms with Gasteiger partial charge in [0.2, 0.25) is 0 Å². The lowest BCUT2D eigenvalue weighted by Gasteiger charge is -2.22. The van der Waals surface area contributed by atoms with Crippen molar-refractivity contribution in [2.75, 3.05) is 6.61 Å². The van der Waals surface area contributed by atoms with Crippen molar-refractivity contribution in [2.45, 2.75) is 24.4 Å². The molecule has 1 aromatic rings. The molecule has 0 fully saturated rings. The molecule has 0 bridgehead atoms. The van der Waals surface area contributed by atoms with Crippen molar-refractivity contribution >= 4 is 6.29 Å². The molecule has 0 aliphatic heterocycles. The zero-order valence-corrected chi connectivity index (χ0v) is 9.86. The highest BCUT2D eigenvalue weighted by Crippen LogP contribution is 2.02. The summed E-state index contributed by atoms with van der Waals surface area (Å²) >= 11 is 0. The van der Waals surface area contributed by atoms with Crippen molar-refractivity contribution in [3.63, 3.8) is 0 Å². The zero-order chi connectivity index (χ0) is 14.8. The Hall–Kier alpha value is -1.58. The summed E-state index contributed by atoms with van der Waals surface area (Å²) < 4.78 is 4.37. The third kappa shape index (κ3) is 6.79. The second-order valence-corrected chi connectivity index (χ2v) is 3.48. The van der Waals surface area contributed by atoms with Crippen LogP contribution < -0.4 is 5.63 Å². The summed E-state index contributed by atoms with van der Waals surface area (Å²) in [4.78, 5) is 20.0. The van der Waals surface area contributed by atoms with Crippen molar-refractivity contribution < 1.29 is 34.7 Å². The van der Waals surface area contributed by atoms with Crippen molar-refractivity contribution in [1.82, 2.24) is 0 Å². The van der Waals surface area contributed by atoms with Gasteiger partial charge in [0, 0.05) is 6.07 Å². The monoisotopic (exact) mass is 276 g/mol. The maximum absolute atomic E-state index is 10.1. The van der Waals surface area contributed by atoms with Gasteiger partial charge in [0.1, 0.15) is 24.4 Å². The van der Waals surface area contributed by atoms with E-state index in [4.69, 9.17) is 25.5 Å². The molecule has 0 spiro atoms. The molecule has 8 heteroatoms. The Balaban J connectivity index is 0.000000388. The van der Waals surface area contributed by atoms with Gasteiger partial charge in [0.25, 0.3) is 0 Å². The summed E-state index contributed by atoms with van der Waals surface area (Å²) in [5, 5.41) is 43.5. The maximum Gasteiger partial charge on any atom is 0.335 e. The minimum atomic E-state index is -1.79. The molecule has 0 radical (unpaired) electrons. The van der Waals surface area contributed by atoms with Gasteiger partial charge in [-0.3, -0.25) is 0 Å². The van der Waals surface area contributed by atoms with Crippen LogP contribution in [0.1, 0.15) is 0 Å². The number of carbonyl (C=O) groups excluding carboxylic acids is 1. The Labute approximate surface area is 108 Å². The molecule has 0 aliphatic carbocycles. The van der Waals surface area contributed by atoms with Gasteiger partial charge < -0.3 is 34.7 Å². The van der Waals surface area contributed by atoms with Gasteiger partial charge >= 0.3 is 5.63 Å². The van der Waals surface area contributed by atoms with Crippen LogP contribution in [0, 0.1) is 0 Å². The minimum Gasteiger partial charge on any atom is -0.431 e. The molecule has 0 aromatic carbocycles. The van der Waals surface area contributed by atoms with Gasteiger partial charge in [0.15, 0.2) is 6.29 Å². The molecule has 0 amide bonds. The minimum absolute atomic E-state index is 0.0258. The second kappa shape index (κ2) is 9.36. The summed E-state index contributed by atoms with van der Waals surface area (Å²) in [7, 11) is 0. The van der Waals surface area contributed by atoms with Crippen molar-refractivity contribution in [2.24, 2.45) is 0 Å². The Morgan fingerprint density at radius 1 is 1.16 bits per heavy atom. The number of hydrogen-bond acceptors (Lipinski definition) is 8. The first-order chi connectivity index (χ1) is 8.93. The average Bonchev–Trinajstić information content (AvgIpc) is 2.45. The highest BCUT2D eigenvalue weighted by atomic mass is 16.4. The normalized spacial score (nSPS) is 16.5. The van der Waals surface area contributed by atoms with E-state index in [9.17, 15) is 9.59 Å². The maximum atomic E-state index is 10.1. The Kier molecular flexibility index (Phi) is 8.58. The predicted octanol–water partition coefficient (Wildman–Crippen LogP) is -2.74. The van der Waals surface area contributed by atoms with E-state index < -0.39 is 31.0 Å². The van der Waals surface area contributed by atoms with E-state index in [2.05, 4.69) is 4.42 Å². The molecule has 1 heterocycles. The Morgan fingerprint density at radius 3 is 2.11 bits per heavy atom. The largest absolute Gasteiger partial charge is 0.431 e. The number of carbonyl (C=O) groups is 1. The summed E-state index contributed by atoms with van der Waals surface area (Å²) in [6.07, 6.45) is -5.49. The highest BCUT2D eigenvalue weighted by Gasteiger charge is 2.29. The van der Waals surface area contributed by atoms with Crippen LogP contribution in [-0.2, 0) is 4.79 Å². The van der Waals surface area contributed by atoms with E-state index in [0.29, 0.717) is 0 Å². The predicted molar refractivity (Wildman–Crippen MR) is 62.2 cm³/mol. The summed E-state index contributed by atoms with van der Waals surface area (Å²) in [6, 6.07) is 4.65. The lowest BCUT2D eigenvalue weighted by Crippen LogP contribution is -2.46. The quantitative estimate of drug-likeness (QED) is 0.364. The summed E-state index contributed by atoms with van der Waals surface area (Å²) in [6.45, 7) is -0.760. The van der Waals surface area contributed by atoms with E-state index in [0.717, 1.165) is 0 Å². The molecule has 4 atom stereocenters. The third-order valence-corrected chi connectivity index (χ3v) is 2.03. The van der Waals surface area contributed by atoms with Gasteiger partial charge in [-0.15, -0.1) is 0 Å². The van der Waals surface area contributed by atoms with Crippen LogP contribution in [0.4, 0.5) is 0 Å². The fourth-order valence-corrected chi connectivity index (χ4v) is 0.943. The van der Waals surface area contributed by atoms with E-state index in [1.54, 1.807) is 12.1 Å². The van der Waals surface area contributed by atoms with Gasteiger partial charge in [-0.2, -0.15) is 0 Å². The SMILES string of the molecule is O=C[C@H](O)[C@@H](O)[C@H](O)[C@H](O)CO.O=c1cccco1. The molecule has 5 N–H and O–H groups in total. The molecule has 0 aliphatic rings. The van der Waals surface area contributed by atoms with E-state index in [-0.39, 0.29) is 11.9 Å². The first-order valence-electron chi connectivity index (χ1n) is 5.26. The fourth-order valence-electron chi connectivity index (χ4n) is 0.943. The molecule has 8 nitrogen and oxygen atoms in total. The van der Waals surface area contributed by atoms with E-state index in [1.165, 1.54) is 12.3 Å². The molecule has 0 unspecified atom stereocenters. The Morgan fingerprint density at radius 2 is 1.79 bits per heavy atom. The first-order valence-corrected chi connectivity index (χ1v) is 5.26. The standard InChI is InChI=1S/C6H12O6.C5H4O2/c7-1-3(9)5(11)6(12)4(10)2-8;6-5-3-1-2-4-7-5/h1,3-6,8-12H,2H2;1-4H/t3-,4+,5+,6+;/m0./s1. The first kappa shape index (κ1) is 17.4. The summed E-state index contributed by atoms with van der Waals surface area (Å²) in [5.41, 5.74) is -0.303. The van der Waals surface area contributed by atoms with Crippen LogP contribution in [0.2, 0.25) is 0 Å². The van der Waals surface area contributed by atoms with Gasteiger partial charge in [-0.25, -0.2) is 4.79 Å². The smallest absolute Gasteiger partial charge is 0.335 e. The van der Waals surface area contributed by atoms with Crippen molar-refractivity contribution in [3.8, 4) is 0 Å². The van der Waals surface area contributed by atoms with Gasteiger partial charge in [-0.05, 0) is 6.07 Å². The second-order valence-electron chi connectivity index (χ2n) is 3.48. The number of rotatable bonds is 5. The van der Waals surface area contributed by atoms with Gasteiger partial charge in [-0.1, -0.05) is 6.07 Å². The highest BCUT2D eigenvalue weighted by molar-refractivity contribution is 5.56. The van der Waals surface area contributed by atoms with Crippen molar-refractivity contribution in [3.05, 3.63) is 34.9 Å². The number of aldehydes is 1. The molecular weight excluding hydrogens is 260 g/mol.